The van der Waals surface area contributed by atoms with E-state index < -0.39 is 0 Å². The Kier molecular flexibility index (Phi) is 3.55. The molecule has 0 aliphatic heterocycles. The Morgan fingerprint density at radius 3 is 2.80 bits per heavy atom. The number of rotatable bonds is 3. The first kappa shape index (κ1) is 13.3. The van der Waals surface area contributed by atoms with Crippen LogP contribution in [-0.2, 0) is 6.42 Å². The minimum Gasteiger partial charge on any atom is -0.291 e. The lowest BCUT2D eigenvalue weighted by Crippen LogP contribution is -2.02. The van der Waals surface area contributed by atoms with E-state index >= 15 is 0 Å². The summed E-state index contributed by atoms with van der Waals surface area (Å²) in [6, 6.07) is 13.5. The number of aromatic nitrogens is 1. The molecule has 1 aromatic heterocycles. The van der Waals surface area contributed by atoms with Gasteiger partial charge in [0.25, 0.3) is 0 Å². The van der Waals surface area contributed by atoms with Gasteiger partial charge in [-0.25, -0.2) is 4.98 Å². The van der Waals surface area contributed by atoms with Crippen LogP contribution in [-0.4, -0.2) is 10.8 Å². The molecule has 2 aromatic carbocycles. The second-order valence-electron chi connectivity index (χ2n) is 4.67. The monoisotopic (exact) mass is 301 g/mol. The number of para-hydroxylation sites is 1. The molecule has 0 N–H and O–H groups in total. The summed E-state index contributed by atoms with van der Waals surface area (Å²) < 4.78 is 1.04. The normalized spacial score (nSPS) is 10.9. The van der Waals surface area contributed by atoms with E-state index in [2.05, 4.69) is 4.98 Å². The van der Waals surface area contributed by atoms with Crippen LogP contribution in [0.25, 0.3) is 10.2 Å². The number of benzene rings is 2. The van der Waals surface area contributed by atoms with E-state index in [0.29, 0.717) is 16.5 Å². The largest absolute Gasteiger partial charge is 0.291 e. The Hall–Kier alpha value is -1.71. The lowest BCUT2D eigenvalue weighted by molar-refractivity contribution is 0.0993. The minimum absolute atomic E-state index is 0.0334. The van der Waals surface area contributed by atoms with Crippen molar-refractivity contribution in [1.29, 1.82) is 0 Å². The Morgan fingerprint density at radius 1 is 1.25 bits per heavy atom. The van der Waals surface area contributed by atoms with Gasteiger partial charge in [0.15, 0.2) is 10.8 Å². The number of hydrogen-bond acceptors (Lipinski definition) is 3. The maximum atomic E-state index is 12.3. The van der Waals surface area contributed by atoms with E-state index in [1.165, 1.54) is 11.3 Å². The zero-order valence-electron chi connectivity index (χ0n) is 10.9. The van der Waals surface area contributed by atoms with E-state index in [0.717, 1.165) is 21.3 Å². The van der Waals surface area contributed by atoms with Crippen LogP contribution in [0.2, 0.25) is 5.02 Å². The molecule has 4 heteroatoms. The molecule has 3 rings (SSSR count). The quantitative estimate of drug-likeness (QED) is 0.657. The summed E-state index contributed by atoms with van der Waals surface area (Å²) in [5.74, 6) is 0.0334. The molecule has 2 nitrogen and oxygen atoms in total. The molecule has 20 heavy (non-hydrogen) atoms. The van der Waals surface area contributed by atoms with Gasteiger partial charge in [-0.3, -0.25) is 4.79 Å². The zero-order chi connectivity index (χ0) is 14.1. The molecule has 0 spiro atoms. The highest BCUT2D eigenvalue weighted by atomic mass is 35.5. The average Bonchev–Trinajstić information content (AvgIpc) is 2.87. The van der Waals surface area contributed by atoms with Crippen LogP contribution < -0.4 is 0 Å². The fourth-order valence-corrected chi connectivity index (χ4v) is 3.11. The molecule has 0 aliphatic carbocycles. The van der Waals surface area contributed by atoms with Crippen molar-refractivity contribution in [3.63, 3.8) is 0 Å². The van der Waals surface area contributed by atoms with Crippen molar-refractivity contribution >= 4 is 38.9 Å². The molecular weight excluding hydrogens is 290 g/mol. The highest BCUT2D eigenvalue weighted by Gasteiger charge is 2.13. The number of aryl methyl sites for hydroxylation is 1. The average molecular weight is 302 g/mol. The van der Waals surface area contributed by atoms with Gasteiger partial charge in [-0.1, -0.05) is 35.9 Å². The van der Waals surface area contributed by atoms with E-state index in [4.69, 9.17) is 11.6 Å². The van der Waals surface area contributed by atoms with Gasteiger partial charge >= 0.3 is 0 Å². The van der Waals surface area contributed by atoms with Crippen molar-refractivity contribution in [2.75, 3.05) is 0 Å². The van der Waals surface area contributed by atoms with E-state index in [-0.39, 0.29) is 5.78 Å². The summed E-state index contributed by atoms with van der Waals surface area (Å²) >= 11 is 7.52. The summed E-state index contributed by atoms with van der Waals surface area (Å²) in [4.78, 5) is 16.7. The predicted octanol–water partition coefficient (Wildman–Crippen LogP) is 4.68. The molecule has 0 radical (unpaired) electrons. The third-order valence-corrected chi connectivity index (χ3v) is 4.62. The number of Topliss-reactive ketones (excluding diaryl/α,β-unsaturated/α-hetero) is 1. The predicted molar refractivity (Wildman–Crippen MR) is 83.8 cm³/mol. The van der Waals surface area contributed by atoms with Crippen LogP contribution in [0.3, 0.4) is 0 Å². The van der Waals surface area contributed by atoms with E-state index in [1.54, 1.807) is 0 Å². The summed E-state index contributed by atoms with van der Waals surface area (Å²) in [7, 11) is 0. The van der Waals surface area contributed by atoms with Gasteiger partial charge in [0.2, 0.25) is 0 Å². The fraction of sp³-hybridized carbons (Fsp3) is 0.125. The Labute approximate surface area is 126 Å². The summed E-state index contributed by atoms with van der Waals surface area (Å²) in [5, 5.41) is 1.25. The van der Waals surface area contributed by atoms with Gasteiger partial charge in [-0.05, 0) is 36.2 Å². The Balaban J connectivity index is 1.86. The number of nitrogens with zero attached hydrogens (tertiary/aromatic N) is 1. The van der Waals surface area contributed by atoms with Gasteiger partial charge in [0.1, 0.15) is 0 Å². The van der Waals surface area contributed by atoms with Gasteiger partial charge < -0.3 is 0 Å². The second kappa shape index (κ2) is 5.35. The number of halogens is 1. The molecule has 3 aromatic rings. The molecular formula is C16H12ClNOS. The molecule has 100 valence electrons. The van der Waals surface area contributed by atoms with Crippen LogP contribution in [0.1, 0.15) is 20.9 Å². The van der Waals surface area contributed by atoms with Gasteiger partial charge in [0, 0.05) is 11.4 Å². The lowest BCUT2D eigenvalue weighted by atomic mass is 10.1. The number of carbonyl (C=O) groups is 1. The van der Waals surface area contributed by atoms with Crippen molar-refractivity contribution in [1.82, 2.24) is 4.98 Å². The third kappa shape index (κ3) is 2.60. The minimum atomic E-state index is 0.0334. The van der Waals surface area contributed by atoms with Crippen molar-refractivity contribution in [3.8, 4) is 0 Å². The van der Waals surface area contributed by atoms with E-state index in [1.807, 2.05) is 49.4 Å². The molecule has 0 fully saturated rings. The van der Waals surface area contributed by atoms with Gasteiger partial charge in [-0.2, -0.15) is 0 Å². The topological polar surface area (TPSA) is 30.0 Å². The molecule has 0 aliphatic rings. The molecule has 0 bridgehead atoms. The van der Waals surface area contributed by atoms with Crippen molar-refractivity contribution < 1.29 is 4.79 Å². The summed E-state index contributed by atoms with van der Waals surface area (Å²) in [6.45, 7) is 1.95. The summed E-state index contributed by atoms with van der Waals surface area (Å²) in [6.07, 6.45) is 0.333. The first-order valence-electron chi connectivity index (χ1n) is 6.27. The van der Waals surface area contributed by atoms with Gasteiger partial charge in [0.05, 0.1) is 10.2 Å². The van der Waals surface area contributed by atoms with Gasteiger partial charge in [-0.15, -0.1) is 11.3 Å². The highest BCUT2D eigenvalue weighted by molar-refractivity contribution is 7.20. The maximum absolute atomic E-state index is 12.3. The van der Waals surface area contributed by atoms with Crippen molar-refractivity contribution in [3.05, 3.63) is 63.6 Å². The number of ketones is 1. The number of carbonyl (C=O) groups excluding carboxylic acids is 1. The zero-order valence-corrected chi connectivity index (χ0v) is 12.5. The molecule has 0 unspecified atom stereocenters. The number of fused-ring (bicyclic) bond motifs is 1. The van der Waals surface area contributed by atoms with Crippen LogP contribution in [0.5, 0.6) is 0 Å². The Bertz CT molecular complexity index is 761. The number of thiazole rings is 1. The van der Waals surface area contributed by atoms with Crippen molar-refractivity contribution in [2.45, 2.75) is 13.3 Å². The van der Waals surface area contributed by atoms with Crippen LogP contribution >= 0.6 is 22.9 Å². The molecule has 0 saturated carbocycles. The maximum Gasteiger partial charge on any atom is 0.195 e. The van der Waals surface area contributed by atoms with Crippen LogP contribution in [0.15, 0.2) is 42.5 Å². The SMILES string of the molecule is Cc1ccc(CC(=O)c2nc3ccccc3s2)cc1Cl. The number of hydrogen-bond donors (Lipinski definition) is 0. The lowest BCUT2D eigenvalue weighted by Gasteiger charge is -2.02. The van der Waals surface area contributed by atoms with Crippen LogP contribution in [0.4, 0.5) is 0 Å². The smallest absolute Gasteiger partial charge is 0.195 e. The molecule has 1 heterocycles. The first-order chi connectivity index (χ1) is 9.63. The molecule has 0 atom stereocenters. The van der Waals surface area contributed by atoms with Crippen LogP contribution in [0, 0.1) is 6.92 Å². The molecule has 0 amide bonds. The highest BCUT2D eigenvalue weighted by Crippen LogP contribution is 2.23. The first-order valence-corrected chi connectivity index (χ1v) is 7.47. The standard InChI is InChI=1S/C16H12ClNOS/c1-10-6-7-11(8-12(10)17)9-14(19)16-18-13-4-2-3-5-15(13)20-16/h2-8H,9H2,1H3. The third-order valence-electron chi connectivity index (χ3n) is 3.13. The Morgan fingerprint density at radius 2 is 2.05 bits per heavy atom. The fourth-order valence-electron chi connectivity index (χ4n) is 2.00. The second-order valence-corrected chi connectivity index (χ2v) is 6.11. The molecule has 0 saturated heterocycles. The van der Waals surface area contributed by atoms with Crippen molar-refractivity contribution in [2.24, 2.45) is 0 Å². The summed E-state index contributed by atoms with van der Waals surface area (Å²) in [5.41, 5.74) is 2.82. The van der Waals surface area contributed by atoms with E-state index in [9.17, 15) is 4.79 Å².